The lowest BCUT2D eigenvalue weighted by Gasteiger charge is -2.15. The molecule has 0 bridgehead atoms. The maximum Gasteiger partial charge on any atom is 0.266 e. The predicted octanol–water partition coefficient (Wildman–Crippen LogP) is 7.45. The average Bonchev–Trinajstić information content (AvgIpc) is 3.09. The van der Waals surface area contributed by atoms with Crippen LogP contribution in [-0.2, 0) is 0 Å². The Kier molecular flexibility index (Phi) is 8.44. The molecule has 1 aromatic heterocycles. The molecule has 0 saturated carbocycles. The highest BCUT2D eigenvalue weighted by Gasteiger charge is 2.15. The fourth-order valence-corrected chi connectivity index (χ4v) is 5.48. The zero-order valence-electron chi connectivity index (χ0n) is 26.3. The lowest BCUT2D eigenvalue weighted by Crippen LogP contribution is -2.23. The van der Waals surface area contributed by atoms with Crippen LogP contribution in [0, 0.1) is 18.8 Å². The molecular weight excluding hydrogens is 576 g/mol. The Bertz CT molecular complexity index is 2230. The van der Waals surface area contributed by atoms with E-state index in [0.29, 0.717) is 34.0 Å². The molecular formula is C39H32N2O5. The van der Waals surface area contributed by atoms with Crippen molar-refractivity contribution in [3.8, 4) is 40.5 Å². The summed E-state index contributed by atoms with van der Waals surface area (Å²) in [5.41, 5.74) is 4.60. The molecule has 228 valence electrons. The van der Waals surface area contributed by atoms with Gasteiger partial charge < -0.3 is 18.9 Å². The third-order valence-electron chi connectivity index (χ3n) is 7.78. The van der Waals surface area contributed by atoms with E-state index in [1.165, 1.54) is 0 Å². The number of aryl methyl sites for hydroxylation is 1. The van der Waals surface area contributed by atoms with E-state index in [2.05, 4.69) is 11.8 Å². The molecule has 0 N–H and O–H groups in total. The van der Waals surface area contributed by atoms with E-state index in [0.717, 1.165) is 44.5 Å². The van der Waals surface area contributed by atoms with Crippen molar-refractivity contribution in [1.29, 1.82) is 0 Å². The van der Waals surface area contributed by atoms with Gasteiger partial charge in [0.15, 0.2) is 11.5 Å². The van der Waals surface area contributed by atoms with E-state index in [1.807, 2.05) is 104 Å². The second-order valence-corrected chi connectivity index (χ2v) is 10.6. The van der Waals surface area contributed by atoms with Gasteiger partial charge in [-0.1, -0.05) is 42.2 Å². The Morgan fingerprint density at radius 3 is 2.22 bits per heavy atom. The normalized spacial score (nSPS) is 11.0. The van der Waals surface area contributed by atoms with Gasteiger partial charge in [-0.05, 0) is 102 Å². The summed E-state index contributed by atoms with van der Waals surface area (Å²) in [7, 11) is 6.37. The van der Waals surface area contributed by atoms with E-state index in [-0.39, 0.29) is 5.56 Å². The fraction of sp³-hybridized carbons (Fsp3) is 0.128. The highest BCUT2D eigenvalue weighted by Crippen LogP contribution is 2.38. The second-order valence-electron chi connectivity index (χ2n) is 10.6. The standard InChI is InChI=1S/C39H32N2O5/c1-25-21-26(13-16-28-9-8-10-29-24-30(43-2)17-18-31(28)29)14-19-34(25)41-37(40-33-12-7-6-11-32(33)39(41)42)20-15-27-22-35(44-3)38(46-5)36(23-27)45-4/h6-12,14-15,17-24H,1-5H3/b20-15+. The zero-order valence-corrected chi connectivity index (χ0v) is 26.3. The Labute approximate surface area is 267 Å². The lowest BCUT2D eigenvalue weighted by molar-refractivity contribution is 0.324. The zero-order chi connectivity index (χ0) is 32.2. The quantitative estimate of drug-likeness (QED) is 0.175. The first-order chi connectivity index (χ1) is 22.4. The largest absolute Gasteiger partial charge is 0.497 e. The van der Waals surface area contributed by atoms with Crippen LogP contribution in [0.15, 0.2) is 95.8 Å². The minimum Gasteiger partial charge on any atom is -0.497 e. The van der Waals surface area contributed by atoms with Crippen molar-refractivity contribution >= 4 is 33.8 Å². The first kappa shape index (κ1) is 30.0. The van der Waals surface area contributed by atoms with Crippen molar-refractivity contribution in [2.75, 3.05) is 28.4 Å². The molecule has 0 amide bonds. The molecule has 0 aliphatic heterocycles. The number of para-hydroxylation sites is 1. The van der Waals surface area contributed by atoms with Crippen LogP contribution in [0.25, 0.3) is 39.5 Å². The lowest BCUT2D eigenvalue weighted by atomic mass is 10.0. The molecule has 7 nitrogen and oxygen atoms in total. The molecule has 0 atom stereocenters. The molecule has 6 rings (SSSR count). The van der Waals surface area contributed by atoms with Gasteiger partial charge in [-0.15, -0.1) is 0 Å². The van der Waals surface area contributed by atoms with E-state index in [4.69, 9.17) is 23.9 Å². The van der Waals surface area contributed by atoms with Gasteiger partial charge in [0.25, 0.3) is 5.56 Å². The van der Waals surface area contributed by atoms with E-state index < -0.39 is 0 Å². The third-order valence-corrected chi connectivity index (χ3v) is 7.78. The van der Waals surface area contributed by atoms with Crippen molar-refractivity contribution in [3.05, 3.63) is 129 Å². The van der Waals surface area contributed by atoms with Crippen molar-refractivity contribution < 1.29 is 18.9 Å². The molecule has 0 aliphatic carbocycles. The monoisotopic (exact) mass is 608 g/mol. The van der Waals surface area contributed by atoms with Gasteiger partial charge in [-0.2, -0.15) is 0 Å². The van der Waals surface area contributed by atoms with Crippen LogP contribution in [0.1, 0.15) is 28.1 Å². The number of ether oxygens (including phenoxy) is 4. The van der Waals surface area contributed by atoms with Gasteiger partial charge in [-0.25, -0.2) is 4.98 Å². The highest BCUT2D eigenvalue weighted by molar-refractivity contribution is 5.89. The Balaban J connectivity index is 1.42. The van der Waals surface area contributed by atoms with Gasteiger partial charge in [0.1, 0.15) is 11.6 Å². The number of benzene rings is 5. The number of nitrogens with zero attached hydrogens (tertiary/aromatic N) is 2. The van der Waals surface area contributed by atoms with Gasteiger partial charge in [0.05, 0.1) is 45.0 Å². The molecule has 1 heterocycles. The number of rotatable bonds is 7. The molecule has 46 heavy (non-hydrogen) atoms. The van der Waals surface area contributed by atoms with Crippen molar-refractivity contribution in [1.82, 2.24) is 9.55 Å². The molecule has 0 saturated heterocycles. The summed E-state index contributed by atoms with van der Waals surface area (Å²) in [6.07, 6.45) is 3.68. The van der Waals surface area contributed by atoms with Gasteiger partial charge in [0, 0.05) is 11.1 Å². The van der Waals surface area contributed by atoms with Crippen LogP contribution in [0.4, 0.5) is 0 Å². The molecule has 5 aromatic carbocycles. The Morgan fingerprint density at radius 2 is 1.50 bits per heavy atom. The van der Waals surface area contributed by atoms with Crippen LogP contribution in [0.2, 0.25) is 0 Å². The van der Waals surface area contributed by atoms with Crippen molar-refractivity contribution in [2.24, 2.45) is 0 Å². The fourth-order valence-electron chi connectivity index (χ4n) is 5.48. The summed E-state index contributed by atoms with van der Waals surface area (Å²) in [5, 5.41) is 2.65. The summed E-state index contributed by atoms with van der Waals surface area (Å²) >= 11 is 0. The van der Waals surface area contributed by atoms with E-state index in [1.54, 1.807) is 39.1 Å². The van der Waals surface area contributed by atoms with Gasteiger partial charge in [-0.3, -0.25) is 9.36 Å². The Hall–Kier alpha value is -6.00. The minimum atomic E-state index is -0.164. The number of hydrogen-bond acceptors (Lipinski definition) is 6. The van der Waals surface area contributed by atoms with Gasteiger partial charge in [0.2, 0.25) is 5.75 Å². The molecule has 7 heteroatoms. The summed E-state index contributed by atoms with van der Waals surface area (Å²) in [6, 6.07) is 28.9. The average molecular weight is 609 g/mol. The van der Waals surface area contributed by atoms with Crippen LogP contribution in [0.5, 0.6) is 23.0 Å². The molecule has 0 radical (unpaired) electrons. The molecule has 6 aromatic rings. The number of aromatic nitrogens is 2. The number of methoxy groups -OCH3 is 4. The number of hydrogen-bond donors (Lipinski definition) is 0. The first-order valence-corrected chi connectivity index (χ1v) is 14.6. The maximum absolute atomic E-state index is 14.0. The highest BCUT2D eigenvalue weighted by atomic mass is 16.5. The topological polar surface area (TPSA) is 71.8 Å². The van der Waals surface area contributed by atoms with Crippen LogP contribution >= 0.6 is 0 Å². The molecule has 0 fully saturated rings. The SMILES string of the molecule is COc1ccc2c(C#Cc3ccc(-n4c(/C=C/c5cc(OC)c(OC)c(OC)c5)nc5ccccc5c4=O)c(C)c3)cccc2c1. The summed E-state index contributed by atoms with van der Waals surface area (Å²) in [4.78, 5) is 18.8. The van der Waals surface area contributed by atoms with Gasteiger partial charge >= 0.3 is 0 Å². The molecule has 0 unspecified atom stereocenters. The van der Waals surface area contributed by atoms with E-state index >= 15 is 0 Å². The third kappa shape index (κ3) is 5.76. The van der Waals surface area contributed by atoms with Crippen molar-refractivity contribution in [3.63, 3.8) is 0 Å². The van der Waals surface area contributed by atoms with Crippen molar-refractivity contribution in [2.45, 2.75) is 6.92 Å². The van der Waals surface area contributed by atoms with E-state index in [9.17, 15) is 4.79 Å². The smallest absolute Gasteiger partial charge is 0.266 e. The Morgan fingerprint density at radius 1 is 0.717 bits per heavy atom. The first-order valence-electron chi connectivity index (χ1n) is 14.6. The second kappa shape index (κ2) is 12.9. The van der Waals surface area contributed by atoms with Crippen LogP contribution in [-0.4, -0.2) is 38.0 Å². The van der Waals surface area contributed by atoms with Crippen LogP contribution in [0.3, 0.4) is 0 Å². The maximum atomic E-state index is 14.0. The predicted molar refractivity (Wildman–Crippen MR) is 184 cm³/mol. The van der Waals surface area contributed by atoms with Crippen LogP contribution < -0.4 is 24.5 Å². The summed E-state index contributed by atoms with van der Waals surface area (Å²) < 4.78 is 23.5. The summed E-state index contributed by atoms with van der Waals surface area (Å²) in [6.45, 7) is 1.97. The summed E-state index contributed by atoms with van der Waals surface area (Å²) in [5.74, 6) is 9.48. The number of fused-ring (bicyclic) bond motifs is 2. The molecule has 0 aliphatic rings. The molecule has 0 spiro atoms. The minimum absolute atomic E-state index is 0.164.